The van der Waals surface area contributed by atoms with Gasteiger partial charge >= 0.3 is 0 Å². The maximum absolute atomic E-state index is 10.7. The van der Waals surface area contributed by atoms with Crippen LogP contribution >= 0.6 is 0 Å². The Labute approximate surface area is 128 Å². The van der Waals surface area contributed by atoms with E-state index in [9.17, 15) is 5.11 Å². The van der Waals surface area contributed by atoms with Crippen LogP contribution in [0.4, 0.5) is 0 Å². The molecule has 1 saturated heterocycles. The van der Waals surface area contributed by atoms with E-state index in [1.165, 1.54) is 0 Å². The molecule has 1 heterocycles. The molecule has 3 unspecified atom stereocenters. The van der Waals surface area contributed by atoms with Crippen molar-refractivity contribution in [2.24, 2.45) is 0 Å². The van der Waals surface area contributed by atoms with Crippen molar-refractivity contribution in [2.75, 3.05) is 33.8 Å². The summed E-state index contributed by atoms with van der Waals surface area (Å²) < 4.78 is 5.17. The van der Waals surface area contributed by atoms with Crippen LogP contribution in [-0.2, 0) is 0 Å². The quantitative estimate of drug-likeness (QED) is 0.922. The van der Waals surface area contributed by atoms with Crippen molar-refractivity contribution >= 4 is 0 Å². The highest BCUT2D eigenvalue weighted by atomic mass is 16.5. The van der Waals surface area contributed by atoms with E-state index in [1.54, 1.807) is 7.11 Å². The number of methoxy groups -OCH3 is 1. The zero-order valence-corrected chi connectivity index (χ0v) is 13.6. The molecule has 0 saturated carbocycles. The summed E-state index contributed by atoms with van der Waals surface area (Å²) in [4.78, 5) is 4.80. The Morgan fingerprint density at radius 2 is 1.90 bits per heavy atom. The number of hydrogen-bond donors (Lipinski definition) is 1. The van der Waals surface area contributed by atoms with E-state index in [4.69, 9.17) is 4.74 Å². The number of nitrogens with zero attached hydrogens (tertiary/aromatic N) is 2. The van der Waals surface area contributed by atoms with E-state index >= 15 is 0 Å². The summed E-state index contributed by atoms with van der Waals surface area (Å²) in [6.07, 6.45) is 0.683. The van der Waals surface area contributed by atoms with Crippen LogP contribution in [0.3, 0.4) is 0 Å². The lowest BCUT2D eigenvalue weighted by atomic mass is 10.0. The molecule has 1 aromatic carbocycles. The Morgan fingerprint density at radius 1 is 1.24 bits per heavy atom. The van der Waals surface area contributed by atoms with Gasteiger partial charge in [-0.05, 0) is 51.6 Å². The number of ether oxygens (including phenoxy) is 1. The molecule has 0 aliphatic carbocycles. The van der Waals surface area contributed by atoms with E-state index in [0.29, 0.717) is 6.04 Å². The van der Waals surface area contributed by atoms with Crippen molar-refractivity contribution in [1.82, 2.24) is 9.80 Å². The van der Waals surface area contributed by atoms with Gasteiger partial charge in [-0.2, -0.15) is 0 Å². The summed E-state index contributed by atoms with van der Waals surface area (Å²) in [5.74, 6) is 0.823. The number of likely N-dealkylation sites (N-methyl/N-ethyl adjacent to an activating group) is 1. The van der Waals surface area contributed by atoms with Crippen LogP contribution in [0.25, 0.3) is 0 Å². The molecule has 1 aliphatic rings. The maximum atomic E-state index is 10.7. The topological polar surface area (TPSA) is 35.9 Å². The minimum Gasteiger partial charge on any atom is -0.497 e. The van der Waals surface area contributed by atoms with Crippen LogP contribution in [0.1, 0.15) is 31.9 Å². The minimum absolute atomic E-state index is 0.111. The van der Waals surface area contributed by atoms with E-state index in [2.05, 4.69) is 30.7 Å². The third-order valence-electron chi connectivity index (χ3n) is 4.54. The van der Waals surface area contributed by atoms with Crippen molar-refractivity contribution in [2.45, 2.75) is 38.5 Å². The van der Waals surface area contributed by atoms with Crippen LogP contribution in [0.5, 0.6) is 5.75 Å². The first-order valence-electron chi connectivity index (χ1n) is 7.79. The van der Waals surface area contributed by atoms with Gasteiger partial charge in [0.15, 0.2) is 0 Å². The number of hydrogen-bond acceptors (Lipinski definition) is 4. The highest BCUT2D eigenvalue weighted by molar-refractivity contribution is 5.29. The Hall–Kier alpha value is -1.10. The molecule has 4 nitrogen and oxygen atoms in total. The summed E-state index contributed by atoms with van der Waals surface area (Å²) in [7, 11) is 3.83. The lowest BCUT2D eigenvalue weighted by molar-refractivity contribution is 0.0376. The number of aliphatic hydroxyl groups excluding tert-OH is 1. The second-order valence-corrected chi connectivity index (χ2v) is 6.16. The summed E-state index contributed by atoms with van der Waals surface area (Å²) in [5.41, 5.74) is 0.952. The number of benzene rings is 1. The van der Waals surface area contributed by atoms with Gasteiger partial charge in [0, 0.05) is 25.2 Å². The van der Waals surface area contributed by atoms with Gasteiger partial charge in [0.2, 0.25) is 0 Å². The average Bonchev–Trinajstić information content (AvgIpc) is 2.66. The zero-order chi connectivity index (χ0) is 15.4. The number of rotatable bonds is 4. The Morgan fingerprint density at radius 3 is 2.52 bits per heavy atom. The fourth-order valence-corrected chi connectivity index (χ4v) is 3.26. The Bertz CT molecular complexity index is 435. The molecule has 0 amide bonds. The zero-order valence-electron chi connectivity index (χ0n) is 13.6. The third kappa shape index (κ3) is 3.96. The first-order valence-corrected chi connectivity index (χ1v) is 7.79. The second-order valence-electron chi connectivity index (χ2n) is 6.16. The average molecular weight is 292 g/mol. The molecule has 2 rings (SSSR count). The fraction of sp³-hybridized carbons (Fsp3) is 0.647. The molecule has 1 fully saturated rings. The number of aliphatic hydroxyl groups is 1. The summed E-state index contributed by atoms with van der Waals surface area (Å²) >= 11 is 0. The van der Waals surface area contributed by atoms with Crippen LogP contribution in [0.2, 0.25) is 0 Å². The molecule has 1 aliphatic heterocycles. The van der Waals surface area contributed by atoms with Gasteiger partial charge in [-0.15, -0.1) is 0 Å². The smallest absolute Gasteiger partial charge is 0.118 e. The van der Waals surface area contributed by atoms with E-state index in [-0.39, 0.29) is 6.04 Å². The highest BCUT2D eigenvalue weighted by Gasteiger charge is 2.28. The fourth-order valence-electron chi connectivity index (χ4n) is 3.26. The van der Waals surface area contributed by atoms with Crippen LogP contribution < -0.4 is 4.74 Å². The van der Waals surface area contributed by atoms with Crippen molar-refractivity contribution in [3.05, 3.63) is 29.8 Å². The first-order chi connectivity index (χ1) is 10.0. The van der Waals surface area contributed by atoms with E-state index in [1.807, 2.05) is 24.3 Å². The first kappa shape index (κ1) is 16.3. The lowest BCUT2D eigenvalue weighted by Gasteiger charge is -2.36. The standard InChI is InChI=1S/C17H28N2O2/c1-13-12-18(3)10-5-11-19(13)14(2)17(20)15-6-8-16(21-4)9-7-15/h6-9,13-14,17,20H,5,10-12H2,1-4H3. The molecule has 0 spiro atoms. The molecule has 1 N–H and O–H groups in total. The Balaban J connectivity index is 2.07. The van der Waals surface area contributed by atoms with Gasteiger partial charge < -0.3 is 14.7 Å². The highest BCUT2D eigenvalue weighted by Crippen LogP contribution is 2.25. The molecular formula is C17H28N2O2. The van der Waals surface area contributed by atoms with Crippen LogP contribution in [0.15, 0.2) is 24.3 Å². The van der Waals surface area contributed by atoms with E-state index in [0.717, 1.165) is 37.4 Å². The van der Waals surface area contributed by atoms with Gasteiger partial charge in [-0.25, -0.2) is 0 Å². The van der Waals surface area contributed by atoms with E-state index < -0.39 is 6.10 Å². The van der Waals surface area contributed by atoms with Crippen molar-refractivity contribution in [3.8, 4) is 5.75 Å². The van der Waals surface area contributed by atoms with Gasteiger partial charge in [-0.1, -0.05) is 12.1 Å². The maximum Gasteiger partial charge on any atom is 0.118 e. The minimum atomic E-state index is -0.471. The van der Waals surface area contributed by atoms with Crippen molar-refractivity contribution in [3.63, 3.8) is 0 Å². The van der Waals surface area contributed by atoms with Gasteiger partial charge in [0.25, 0.3) is 0 Å². The van der Waals surface area contributed by atoms with Crippen molar-refractivity contribution in [1.29, 1.82) is 0 Å². The van der Waals surface area contributed by atoms with Crippen LogP contribution in [0, 0.1) is 0 Å². The summed E-state index contributed by atoms with van der Waals surface area (Å²) in [5, 5.41) is 10.7. The van der Waals surface area contributed by atoms with Crippen LogP contribution in [-0.4, -0.2) is 60.8 Å². The van der Waals surface area contributed by atoms with Gasteiger partial charge in [0.1, 0.15) is 5.75 Å². The molecule has 0 bridgehead atoms. The molecule has 21 heavy (non-hydrogen) atoms. The Kier molecular flexibility index (Phi) is 5.62. The molecule has 0 radical (unpaired) electrons. The van der Waals surface area contributed by atoms with Crippen molar-refractivity contribution < 1.29 is 9.84 Å². The predicted molar refractivity (Wildman–Crippen MR) is 85.7 cm³/mol. The third-order valence-corrected chi connectivity index (χ3v) is 4.54. The normalized spacial score (nSPS) is 24.3. The molecule has 1 aromatic rings. The predicted octanol–water partition coefficient (Wildman–Crippen LogP) is 2.14. The SMILES string of the molecule is COc1ccc(C(O)C(C)N2CCCN(C)CC2C)cc1. The van der Waals surface area contributed by atoms with Gasteiger partial charge in [0.05, 0.1) is 13.2 Å². The molecule has 118 valence electrons. The molecular weight excluding hydrogens is 264 g/mol. The summed E-state index contributed by atoms with van der Waals surface area (Å²) in [6, 6.07) is 8.29. The lowest BCUT2D eigenvalue weighted by Crippen LogP contribution is -2.45. The molecule has 3 atom stereocenters. The summed E-state index contributed by atoms with van der Waals surface area (Å²) in [6.45, 7) is 7.60. The van der Waals surface area contributed by atoms with Gasteiger partial charge in [-0.3, -0.25) is 4.90 Å². The molecule has 0 aromatic heterocycles. The monoisotopic (exact) mass is 292 g/mol. The second kappa shape index (κ2) is 7.25. The largest absolute Gasteiger partial charge is 0.497 e. The molecule has 4 heteroatoms.